The van der Waals surface area contributed by atoms with Crippen molar-refractivity contribution in [2.24, 2.45) is 0 Å². The first kappa shape index (κ1) is 20.2. The van der Waals surface area contributed by atoms with Gasteiger partial charge in [0.2, 0.25) is 0 Å². The van der Waals surface area contributed by atoms with Crippen LogP contribution in [0.25, 0.3) is 0 Å². The maximum absolute atomic E-state index is 9.45. The van der Waals surface area contributed by atoms with Crippen LogP contribution in [0.15, 0.2) is 60.7 Å². The Kier molecular flexibility index (Phi) is 6.50. The molecule has 3 rings (SSSR count). The van der Waals surface area contributed by atoms with Crippen LogP contribution < -0.4 is 15.7 Å². The lowest BCUT2D eigenvalue weighted by molar-refractivity contribution is 0.0134. The average molecular weight is 386 g/mol. The van der Waals surface area contributed by atoms with Crippen molar-refractivity contribution in [2.45, 2.75) is 37.9 Å². The summed E-state index contributed by atoms with van der Waals surface area (Å²) in [5.74, 6) is 0. The Balaban J connectivity index is 1.97. The van der Waals surface area contributed by atoms with Crippen molar-refractivity contribution in [3.8, 4) is 0 Å². The highest BCUT2D eigenvalue weighted by Gasteiger charge is 2.50. The van der Waals surface area contributed by atoms with Crippen molar-refractivity contribution in [3.63, 3.8) is 0 Å². The molecule has 0 unspecified atom stereocenters. The zero-order chi connectivity index (χ0) is 19.3. The van der Waals surface area contributed by atoms with Gasteiger partial charge in [0.15, 0.2) is 0 Å². The van der Waals surface area contributed by atoms with Gasteiger partial charge in [-0.2, -0.15) is 0 Å². The summed E-state index contributed by atoms with van der Waals surface area (Å²) in [6.45, 7) is 8.63. The molecular weight excluding hydrogens is 354 g/mol. The maximum atomic E-state index is 9.45. The maximum Gasteiger partial charge on any atom is 0.261 e. The van der Waals surface area contributed by atoms with Gasteiger partial charge in [-0.15, -0.1) is 0 Å². The van der Waals surface area contributed by atoms with Gasteiger partial charge in [-0.05, 0) is 15.4 Å². The molecule has 0 saturated carbocycles. The molecule has 0 spiro atoms. The third-order valence-electron chi connectivity index (χ3n) is 5.25. The SMILES string of the molecule is CC(C)(C)[Si](OC[C@H]1COC[C@H](CO)N1)(c1ccccc1)c1ccccc1. The van der Waals surface area contributed by atoms with E-state index in [-0.39, 0.29) is 23.7 Å². The van der Waals surface area contributed by atoms with Gasteiger partial charge in [-0.25, -0.2) is 0 Å². The minimum Gasteiger partial charge on any atom is -0.406 e. The minimum absolute atomic E-state index is 0.0218. The number of hydrogen-bond donors (Lipinski definition) is 2. The van der Waals surface area contributed by atoms with Crippen molar-refractivity contribution in [2.75, 3.05) is 26.4 Å². The second-order valence-corrected chi connectivity index (χ2v) is 12.6. The minimum atomic E-state index is -2.52. The van der Waals surface area contributed by atoms with Crippen molar-refractivity contribution < 1.29 is 14.3 Å². The Morgan fingerprint density at radius 3 is 1.96 bits per heavy atom. The van der Waals surface area contributed by atoms with E-state index >= 15 is 0 Å². The molecule has 4 nitrogen and oxygen atoms in total. The molecule has 0 amide bonds. The van der Waals surface area contributed by atoms with E-state index in [4.69, 9.17) is 9.16 Å². The van der Waals surface area contributed by atoms with Gasteiger partial charge in [-0.3, -0.25) is 0 Å². The van der Waals surface area contributed by atoms with Crippen LogP contribution in [0.1, 0.15) is 20.8 Å². The highest BCUT2D eigenvalue weighted by molar-refractivity contribution is 6.99. The van der Waals surface area contributed by atoms with Crippen LogP contribution in [0.3, 0.4) is 0 Å². The van der Waals surface area contributed by atoms with E-state index < -0.39 is 8.32 Å². The quantitative estimate of drug-likeness (QED) is 0.746. The van der Waals surface area contributed by atoms with Gasteiger partial charge in [-0.1, -0.05) is 81.4 Å². The second kappa shape index (κ2) is 8.67. The van der Waals surface area contributed by atoms with E-state index in [1.807, 2.05) is 0 Å². The summed E-state index contributed by atoms with van der Waals surface area (Å²) < 4.78 is 12.6. The predicted octanol–water partition coefficient (Wildman–Crippen LogP) is 1.91. The monoisotopic (exact) mass is 385 g/mol. The first-order valence-corrected chi connectivity index (χ1v) is 11.6. The van der Waals surface area contributed by atoms with Crippen LogP contribution in [-0.4, -0.2) is 51.9 Å². The number of hydrogen-bond acceptors (Lipinski definition) is 4. The Morgan fingerprint density at radius 1 is 0.963 bits per heavy atom. The molecule has 0 aliphatic carbocycles. The fourth-order valence-electron chi connectivity index (χ4n) is 3.97. The number of rotatable bonds is 6. The van der Waals surface area contributed by atoms with Crippen molar-refractivity contribution >= 4 is 18.7 Å². The first-order chi connectivity index (χ1) is 13.0. The summed E-state index contributed by atoms with van der Waals surface area (Å²) >= 11 is 0. The Labute approximate surface area is 163 Å². The molecule has 146 valence electrons. The number of aliphatic hydroxyl groups excluding tert-OH is 1. The number of nitrogens with one attached hydrogen (secondary N) is 1. The number of benzene rings is 2. The van der Waals surface area contributed by atoms with Crippen LogP contribution >= 0.6 is 0 Å². The van der Waals surface area contributed by atoms with Gasteiger partial charge in [0, 0.05) is 0 Å². The van der Waals surface area contributed by atoms with Crippen LogP contribution in [0, 0.1) is 0 Å². The summed E-state index contributed by atoms with van der Waals surface area (Å²) in [6, 6.07) is 21.4. The molecule has 27 heavy (non-hydrogen) atoms. The number of ether oxygens (including phenoxy) is 1. The standard InChI is InChI=1S/C22H31NO3Si/c1-22(2,3)27(20-10-6-4-7-11-20,21-12-8-5-9-13-21)26-17-19-16-25-15-18(14-24)23-19/h4-13,18-19,23-24H,14-17H2,1-3H3/t18-,19+/m0/s1. The van der Waals surface area contributed by atoms with E-state index in [0.717, 1.165) is 0 Å². The highest BCUT2D eigenvalue weighted by atomic mass is 28.4. The summed E-state index contributed by atoms with van der Waals surface area (Å²) in [5, 5.41) is 15.4. The Bertz CT molecular complexity index is 663. The molecule has 0 bridgehead atoms. The topological polar surface area (TPSA) is 50.7 Å². The molecule has 2 atom stereocenters. The lowest BCUT2D eigenvalue weighted by Gasteiger charge is -2.44. The van der Waals surface area contributed by atoms with E-state index in [0.29, 0.717) is 19.8 Å². The second-order valence-electron chi connectivity index (χ2n) is 8.25. The average Bonchev–Trinajstić information content (AvgIpc) is 2.69. The fourth-order valence-corrected chi connectivity index (χ4v) is 8.58. The lowest BCUT2D eigenvalue weighted by Crippen LogP contribution is -2.68. The zero-order valence-corrected chi connectivity index (χ0v) is 17.5. The van der Waals surface area contributed by atoms with Gasteiger partial charge in [0.05, 0.1) is 38.5 Å². The van der Waals surface area contributed by atoms with E-state index in [1.165, 1.54) is 10.4 Å². The Hall–Kier alpha value is -1.50. The molecule has 0 aromatic heterocycles. The van der Waals surface area contributed by atoms with Crippen molar-refractivity contribution in [3.05, 3.63) is 60.7 Å². The van der Waals surface area contributed by atoms with Gasteiger partial charge < -0.3 is 19.6 Å². The molecule has 2 aromatic rings. The van der Waals surface area contributed by atoms with Crippen molar-refractivity contribution in [1.29, 1.82) is 0 Å². The zero-order valence-electron chi connectivity index (χ0n) is 16.5. The number of aliphatic hydroxyl groups is 1. The largest absolute Gasteiger partial charge is 0.406 e. The molecule has 1 heterocycles. The molecule has 0 radical (unpaired) electrons. The van der Waals surface area contributed by atoms with Crippen LogP contribution in [0.4, 0.5) is 0 Å². The fraction of sp³-hybridized carbons (Fsp3) is 0.455. The van der Waals surface area contributed by atoms with Gasteiger partial charge in [0.1, 0.15) is 0 Å². The van der Waals surface area contributed by atoms with E-state index in [9.17, 15) is 5.11 Å². The molecule has 5 heteroatoms. The van der Waals surface area contributed by atoms with Gasteiger partial charge in [0.25, 0.3) is 8.32 Å². The van der Waals surface area contributed by atoms with Gasteiger partial charge >= 0.3 is 0 Å². The number of morpholine rings is 1. The molecule has 1 saturated heterocycles. The summed E-state index contributed by atoms with van der Waals surface area (Å²) in [6.07, 6.45) is 0. The Morgan fingerprint density at radius 2 is 1.48 bits per heavy atom. The lowest BCUT2D eigenvalue weighted by atomic mass is 10.2. The first-order valence-electron chi connectivity index (χ1n) is 9.67. The molecule has 1 aliphatic rings. The summed E-state index contributed by atoms with van der Waals surface area (Å²) in [7, 11) is -2.52. The van der Waals surface area contributed by atoms with E-state index in [1.54, 1.807) is 0 Å². The third kappa shape index (κ3) is 4.33. The molecule has 2 aromatic carbocycles. The normalized spacial score (nSPS) is 21.2. The van der Waals surface area contributed by atoms with Crippen LogP contribution in [-0.2, 0) is 9.16 Å². The van der Waals surface area contributed by atoms with Crippen LogP contribution in [0.5, 0.6) is 0 Å². The third-order valence-corrected chi connectivity index (χ3v) is 10.3. The van der Waals surface area contributed by atoms with E-state index in [2.05, 4.69) is 86.8 Å². The van der Waals surface area contributed by atoms with Crippen molar-refractivity contribution in [1.82, 2.24) is 5.32 Å². The van der Waals surface area contributed by atoms with Crippen LogP contribution in [0.2, 0.25) is 5.04 Å². The molecule has 2 N–H and O–H groups in total. The smallest absolute Gasteiger partial charge is 0.261 e. The molecule has 1 aliphatic heterocycles. The predicted molar refractivity (Wildman–Crippen MR) is 112 cm³/mol. The highest BCUT2D eigenvalue weighted by Crippen LogP contribution is 2.36. The summed E-state index contributed by atoms with van der Waals surface area (Å²) in [5.41, 5.74) is 0. The summed E-state index contributed by atoms with van der Waals surface area (Å²) in [4.78, 5) is 0. The molecular formula is C22H31NO3Si. The molecule has 1 fully saturated rings.